The number of hydrogen-bond acceptors (Lipinski definition) is 3. The van der Waals surface area contributed by atoms with Gasteiger partial charge in [-0.2, -0.15) is 10.2 Å². The predicted octanol–water partition coefficient (Wildman–Crippen LogP) is 2.95. The molecule has 4 nitrogen and oxygen atoms in total. The van der Waals surface area contributed by atoms with Gasteiger partial charge in [-0.15, -0.1) is 5.10 Å². The van der Waals surface area contributed by atoms with Crippen LogP contribution in [0.4, 0.5) is 0 Å². The van der Waals surface area contributed by atoms with Crippen molar-refractivity contribution in [3.63, 3.8) is 0 Å². The third-order valence-corrected chi connectivity index (χ3v) is 3.10. The van der Waals surface area contributed by atoms with E-state index in [1.807, 2.05) is 6.07 Å². The van der Waals surface area contributed by atoms with Crippen LogP contribution in [0, 0.1) is 0 Å². The Kier molecular flexibility index (Phi) is 2.58. The molecule has 0 aliphatic rings. The molecule has 0 unspecified atom stereocenters. The fourth-order valence-corrected chi connectivity index (χ4v) is 2.56. The third kappa shape index (κ3) is 1.92. The van der Waals surface area contributed by atoms with Crippen LogP contribution in [-0.4, -0.2) is 19.8 Å². The Morgan fingerprint density at radius 1 is 1.20 bits per heavy atom. The number of aromatic nitrogens is 4. The highest BCUT2D eigenvalue weighted by molar-refractivity contribution is 9.10. The first-order chi connectivity index (χ1) is 6.89. The highest BCUT2D eigenvalue weighted by Gasteiger charge is 2.22. The molecule has 0 atom stereocenters. The second-order valence-electron chi connectivity index (χ2n) is 4.33. The van der Waals surface area contributed by atoms with Gasteiger partial charge >= 0.3 is 0 Å². The van der Waals surface area contributed by atoms with E-state index in [4.69, 9.17) is 0 Å². The van der Waals surface area contributed by atoms with Crippen LogP contribution in [0.2, 0.25) is 0 Å². The minimum Gasteiger partial charge on any atom is -0.203 e. The Labute approximate surface area is 104 Å². The number of rotatable bonds is 0. The van der Waals surface area contributed by atoms with Crippen LogP contribution in [-0.2, 0) is 5.41 Å². The second kappa shape index (κ2) is 3.52. The summed E-state index contributed by atoms with van der Waals surface area (Å²) < 4.78 is 3.34. The summed E-state index contributed by atoms with van der Waals surface area (Å²) in [5, 5.41) is 12.6. The highest BCUT2D eigenvalue weighted by atomic mass is 79.9. The lowest BCUT2D eigenvalue weighted by molar-refractivity contribution is 0.545. The molecule has 15 heavy (non-hydrogen) atoms. The minimum absolute atomic E-state index is 0.0571. The van der Waals surface area contributed by atoms with E-state index in [1.54, 1.807) is 4.52 Å². The van der Waals surface area contributed by atoms with Crippen molar-refractivity contribution in [2.24, 2.45) is 0 Å². The highest BCUT2D eigenvalue weighted by Crippen LogP contribution is 2.27. The maximum absolute atomic E-state index is 4.27. The quantitative estimate of drug-likeness (QED) is 0.744. The third-order valence-electron chi connectivity index (χ3n) is 2.00. The maximum atomic E-state index is 4.27. The van der Waals surface area contributed by atoms with Gasteiger partial charge in [-0.05, 0) is 31.9 Å². The van der Waals surface area contributed by atoms with Gasteiger partial charge in [0.25, 0.3) is 0 Å². The number of halogens is 2. The van der Waals surface area contributed by atoms with Crippen LogP contribution in [0.3, 0.4) is 0 Å². The van der Waals surface area contributed by atoms with Crippen molar-refractivity contribution in [1.82, 2.24) is 19.8 Å². The summed E-state index contributed by atoms with van der Waals surface area (Å²) in [4.78, 5) is 0. The topological polar surface area (TPSA) is 43.1 Å². The molecule has 2 aromatic heterocycles. The zero-order chi connectivity index (χ0) is 11.2. The normalized spacial score (nSPS) is 12.3. The molecule has 0 aliphatic carbocycles. The first-order valence-electron chi connectivity index (χ1n) is 4.47. The summed E-state index contributed by atoms with van der Waals surface area (Å²) >= 11 is 6.82. The maximum Gasteiger partial charge on any atom is 0.179 e. The van der Waals surface area contributed by atoms with E-state index in [0.717, 1.165) is 20.5 Å². The SMILES string of the molecule is CC(C)(C)c1nnc2cc(Br)nn2c1Br. The second-order valence-corrected chi connectivity index (χ2v) is 5.89. The fourth-order valence-electron chi connectivity index (χ4n) is 1.26. The van der Waals surface area contributed by atoms with Crippen LogP contribution in [0.15, 0.2) is 15.3 Å². The number of hydrogen-bond donors (Lipinski definition) is 0. The lowest BCUT2D eigenvalue weighted by Crippen LogP contribution is -2.17. The van der Waals surface area contributed by atoms with Gasteiger partial charge in [0, 0.05) is 11.5 Å². The molecular formula is C9H10Br2N4. The summed E-state index contributed by atoms with van der Waals surface area (Å²) in [6.45, 7) is 6.27. The monoisotopic (exact) mass is 332 g/mol. The van der Waals surface area contributed by atoms with E-state index in [1.165, 1.54) is 0 Å². The van der Waals surface area contributed by atoms with E-state index in [2.05, 4.69) is 67.9 Å². The van der Waals surface area contributed by atoms with E-state index in [9.17, 15) is 0 Å². The molecule has 0 saturated carbocycles. The first kappa shape index (κ1) is 11.0. The van der Waals surface area contributed by atoms with Crippen molar-refractivity contribution < 1.29 is 0 Å². The number of nitrogens with zero attached hydrogens (tertiary/aromatic N) is 4. The average Bonchev–Trinajstić information content (AvgIpc) is 2.44. The minimum atomic E-state index is -0.0571. The van der Waals surface area contributed by atoms with Gasteiger partial charge in [0.05, 0.1) is 0 Å². The predicted molar refractivity (Wildman–Crippen MR) is 64.9 cm³/mol. The smallest absolute Gasteiger partial charge is 0.179 e. The van der Waals surface area contributed by atoms with E-state index >= 15 is 0 Å². The van der Waals surface area contributed by atoms with Gasteiger partial charge < -0.3 is 0 Å². The largest absolute Gasteiger partial charge is 0.203 e. The van der Waals surface area contributed by atoms with Gasteiger partial charge in [-0.1, -0.05) is 20.8 Å². The molecule has 6 heteroatoms. The average molecular weight is 334 g/mol. The molecule has 0 N–H and O–H groups in total. The summed E-state index contributed by atoms with van der Waals surface area (Å²) in [6.07, 6.45) is 0. The summed E-state index contributed by atoms with van der Waals surface area (Å²) in [5.74, 6) is 0. The van der Waals surface area contributed by atoms with Crippen LogP contribution in [0.5, 0.6) is 0 Å². The summed E-state index contributed by atoms with van der Waals surface area (Å²) in [6, 6.07) is 1.82. The lowest BCUT2D eigenvalue weighted by atomic mass is 9.93. The van der Waals surface area contributed by atoms with Crippen molar-refractivity contribution in [3.8, 4) is 0 Å². The molecule has 0 fully saturated rings. The van der Waals surface area contributed by atoms with E-state index in [0.29, 0.717) is 0 Å². The Bertz CT molecular complexity index is 513. The van der Waals surface area contributed by atoms with Gasteiger partial charge in [0.15, 0.2) is 5.65 Å². The standard InChI is InChI=1S/C9H10Br2N4/c1-9(2,3)7-8(11)15-6(12-13-7)4-5(10)14-15/h4H,1-3H3. The molecule has 0 radical (unpaired) electrons. The molecule has 0 saturated heterocycles. The Morgan fingerprint density at radius 2 is 1.87 bits per heavy atom. The lowest BCUT2D eigenvalue weighted by Gasteiger charge is -2.18. The Hall–Kier alpha value is -0.490. The molecule has 0 aliphatic heterocycles. The fraction of sp³-hybridized carbons (Fsp3) is 0.444. The van der Waals surface area contributed by atoms with Gasteiger partial charge in [0.1, 0.15) is 14.9 Å². The van der Waals surface area contributed by atoms with Crippen LogP contribution in [0.1, 0.15) is 26.5 Å². The van der Waals surface area contributed by atoms with Crippen LogP contribution >= 0.6 is 31.9 Å². The molecule has 0 aromatic carbocycles. The molecular weight excluding hydrogens is 324 g/mol. The van der Waals surface area contributed by atoms with Crippen molar-refractivity contribution in [2.45, 2.75) is 26.2 Å². The first-order valence-corrected chi connectivity index (χ1v) is 6.06. The molecule has 2 heterocycles. The van der Waals surface area contributed by atoms with Crippen molar-refractivity contribution in [1.29, 1.82) is 0 Å². The van der Waals surface area contributed by atoms with Crippen molar-refractivity contribution in [2.75, 3.05) is 0 Å². The molecule has 0 bridgehead atoms. The van der Waals surface area contributed by atoms with Gasteiger partial charge in [-0.25, -0.2) is 4.52 Å². The van der Waals surface area contributed by atoms with Gasteiger partial charge in [0.2, 0.25) is 0 Å². The van der Waals surface area contributed by atoms with Crippen molar-refractivity contribution in [3.05, 3.63) is 21.0 Å². The number of fused-ring (bicyclic) bond motifs is 1. The molecule has 2 rings (SSSR count). The molecule has 0 spiro atoms. The Balaban J connectivity index is 2.75. The molecule has 80 valence electrons. The van der Waals surface area contributed by atoms with Crippen LogP contribution in [0.25, 0.3) is 5.65 Å². The zero-order valence-electron chi connectivity index (χ0n) is 8.62. The molecule has 0 amide bonds. The van der Waals surface area contributed by atoms with E-state index in [-0.39, 0.29) is 5.41 Å². The Morgan fingerprint density at radius 3 is 2.47 bits per heavy atom. The van der Waals surface area contributed by atoms with Crippen molar-refractivity contribution >= 4 is 37.5 Å². The zero-order valence-corrected chi connectivity index (χ0v) is 11.8. The summed E-state index contributed by atoms with van der Waals surface area (Å²) in [7, 11) is 0. The van der Waals surface area contributed by atoms with Crippen LogP contribution < -0.4 is 0 Å². The van der Waals surface area contributed by atoms with E-state index < -0.39 is 0 Å². The molecule has 2 aromatic rings. The van der Waals surface area contributed by atoms with Gasteiger partial charge in [-0.3, -0.25) is 0 Å². The summed E-state index contributed by atoms with van der Waals surface area (Å²) in [5.41, 5.74) is 1.56.